The number of aromatic nitrogens is 2. The third-order valence-corrected chi connectivity index (χ3v) is 3.28. The van der Waals surface area contributed by atoms with Gasteiger partial charge in [0.15, 0.2) is 0 Å². The van der Waals surface area contributed by atoms with Crippen LogP contribution in [0.25, 0.3) is 0 Å². The third-order valence-electron chi connectivity index (χ3n) is 2.96. The molecule has 2 aromatic rings. The van der Waals surface area contributed by atoms with E-state index in [0.717, 1.165) is 25.3 Å². The Bertz CT molecular complexity index is 471. The Balaban J connectivity index is 1.52. The first kappa shape index (κ1) is 13.9. The van der Waals surface area contributed by atoms with Crippen LogP contribution < -0.4 is 4.74 Å². The second-order valence-electron chi connectivity index (χ2n) is 4.49. The van der Waals surface area contributed by atoms with Crippen molar-refractivity contribution in [2.24, 2.45) is 0 Å². The number of unbranched alkanes of at least 4 members (excludes halogenated alkanes) is 3. The van der Waals surface area contributed by atoms with Gasteiger partial charge in [0.25, 0.3) is 0 Å². The monoisotopic (exact) mass is 278 g/mol. The summed E-state index contributed by atoms with van der Waals surface area (Å²) in [5, 5.41) is 0.683. The van der Waals surface area contributed by atoms with Crippen molar-refractivity contribution in [3.8, 4) is 5.75 Å². The Kier molecular flexibility index (Phi) is 5.76. The van der Waals surface area contributed by atoms with Crippen LogP contribution in [0.1, 0.15) is 25.7 Å². The van der Waals surface area contributed by atoms with E-state index in [1.165, 1.54) is 19.3 Å². The molecular formula is C15H19ClN2O. The summed E-state index contributed by atoms with van der Waals surface area (Å²) in [4.78, 5) is 4.02. The quantitative estimate of drug-likeness (QED) is 0.678. The molecule has 4 heteroatoms. The molecule has 0 bridgehead atoms. The van der Waals surface area contributed by atoms with Crippen molar-refractivity contribution >= 4 is 11.6 Å². The fraction of sp³-hybridized carbons (Fsp3) is 0.400. The number of imidazole rings is 1. The van der Waals surface area contributed by atoms with Gasteiger partial charge in [0.2, 0.25) is 0 Å². The minimum Gasteiger partial charge on any atom is -0.492 e. The molecule has 0 aliphatic carbocycles. The van der Waals surface area contributed by atoms with Crippen molar-refractivity contribution < 1.29 is 4.74 Å². The van der Waals surface area contributed by atoms with E-state index in [1.807, 2.05) is 43.0 Å². The maximum absolute atomic E-state index is 6.01. The van der Waals surface area contributed by atoms with Crippen LogP contribution in [-0.2, 0) is 6.54 Å². The lowest BCUT2D eigenvalue weighted by Gasteiger charge is -2.07. The fourth-order valence-corrected chi connectivity index (χ4v) is 2.10. The molecule has 0 amide bonds. The molecule has 1 aromatic carbocycles. The van der Waals surface area contributed by atoms with Crippen LogP contribution in [0.15, 0.2) is 43.0 Å². The molecule has 0 saturated carbocycles. The minimum absolute atomic E-state index is 0.683. The summed E-state index contributed by atoms with van der Waals surface area (Å²) in [6.07, 6.45) is 10.3. The third kappa shape index (κ3) is 4.95. The largest absolute Gasteiger partial charge is 0.492 e. The van der Waals surface area contributed by atoms with E-state index in [2.05, 4.69) is 9.55 Å². The first-order valence-corrected chi connectivity index (χ1v) is 7.07. The molecule has 1 aromatic heterocycles. The van der Waals surface area contributed by atoms with Gasteiger partial charge in [0, 0.05) is 18.9 Å². The number of halogens is 1. The summed E-state index contributed by atoms with van der Waals surface area (Å²) < 4.78 is 7.75. The maximum Gasteiger partial charge on any atom is 0.137 e. The molecule has 0 aliphatic rings. The molecule has 0 fully saturated rings. The van der Waals surface area contributed by atoms with Gasteiger partial charge in [-0.15, -0.1) is 0 Å². The molecular weight excluding hydrogens is 260 g/mol. The standard InChI is InChI=1S/C15H19ClN2O/c16-14-7-3-4-8-15(14)19-12-6-2-1-5-10-18-11-9-17-13-18/h3-4,7-9,11,13H,1-2,5-6,10,12H2. The number of para-hydroxylation sites is 1. The SMILES string of the molecule is Clc1ccccc1OCCCCCCn1ccnc1. The molecule has 0 saturated heterocycles. The van der Waals surface area contributed by atoms with E-state index in [4.69, 9.17) is 16.3 Å². The average Bonchev–Trinajstić information content (AvgIpc) is 2.93. The number of ether oxygens (including phenoxy) is 1. The smallest absolute Gasteiger partial charge is 0.137 e. The summed E-state index contributed by atoms with van der Waals surface area (Å²) in [5.41, 5.74) is 0. The lowest BCUT2D eigenvalue weighted by atomic mass is 10.2. The predicted molar refractivity (Wildman–Crippen MR) is 77.6 cm³/mol. The molecule has 3 nitrogen and oxygen atoms in total. The normalized spacial score (nSPS) is 10.6. The van der Waals surface area contributed by atoms with Gasteiger partial charge in [-0.3, -0.25) is 0 Å². The number of rotatable bonds is 8. The molecule has 102 valence electrons. The van der Waals surface area contributed by atoms with E-state index < -0.39 is 0 Å². The van der Waals surface area contributed by atoms with Gasteiger partial charge >= 0.3 is 0 Å². The summed E-state index contributed by atoms with van der Waals surface area (Å²) in [6, 6.07) is 7.60. The number of benzene rings is 1. The van der Waals surface area contributed by atoms with Crippen LogP contribution in [0.5, 0.6) is 5.75 Å². The lowest BCUT2D eigenvalue weighted by Crippen LogP contribution is -1.99. The zero-order valence-corrected chi connectivity index (χ0v) is 11.7. The summed E-state index contributed by atoms with van der Waals surface area (Å²) >= 11 is 6.01. The van der Waals surface area contributed by atoms with Gasteiger partial charge < -0.3 is 9.30 Å². The van der Waals surface area contributed by atoms with Crippen LogP contribution in [0.3, 0.4) is 0 Å². The molecule has 0 spiro atoms. The molecule has 0 aliphatic heterocycles. The zero-order chi connectivity index (χ0) is 13.3. The Hall–Kier alpha value is -1.48. The Morgan fingerprint density at radius 1 is 1.11 bits per heavy atom. The zero-order valence-electron chi connectivity index (χ0n) is 11.0. The van der Waals surface area contributed by atoms with Crippen molar-refractivity contribution in [3.05, 3.63) is 48.0 Å². The molecule has 0 N–H and O–H groups in total. The molecule has 19 heavy (non-hydrogen) atoms. The van der Waals surface area contributed by atoms with Crippen LogP contribution in [0, 0.1) is 0 Å². The Morgan fingerprint density at radius 2 is 1.95 bits per heavy atom. The van der Waals surface area contributed by atoms with Crippen molar-refractivity contribution in [1.29, 1.82) is 0 Å². The first-order chi connectivity index (χ1) is 9.36. The highest BCUT2D eigenvalue weighted by molar-refractivity contribution is 6.32. The fourth-order valence-electron chi connectivity index (χ4n) is 1.91. The van der Waals surface area contributed by atoms with Crippen LogP contribution >= 0.6 is 11.6 Å². The topological polar surface area (TPSA) is 27.1 Å². The summed E-state index contributed by atoms with van der Waals surface area (Å²) in [6.45, 7) is 1.78. The van der Waals surface area contributed by atoms with E-state index in [-0.39, 0.29) is 0 Å². The Labute approximate surface area is 119 Å². The highest BCUT2D eigenvalue weighted by atomic mass is 35.5. The van der Waals surface area contributed by atoms with Crippen LogP contribution in [0.4, 0.5) is 0 Å². The van der Waals surface area contributed by atoms with E-state index in [9.17, 15) is 0 Å². The predicted octanol–water partition coefficient (Wildman–Crippen LogP) is 4.18. The van der Waals surface area contributed by atoms with Gasteiger partial charge in [0.1, 0.15) is 5.75 Å². The lowest BCUT2D eigenvalue weighted by molar-refractivity contribution is 0.304. The Morgan fingerprint density at radius 3 is 2.74 bits per heavy atom. The maximum atomic E-state index is 6.01. The summed E-state index contributed by atoms with van der Waals surface area (Å²) in [7, 11) is 0. The van der Waals surface area contributed by atoms with Gasteiger partial charge in [0.05, 0.1) is 18.0 Å². The molecule has 0 unspecified atom stereocenters. The minimum atomic E-state index is 0.683. The van der Waals surface area contributed by atoms with Gasteiger partial charge in [-0.05, 0) is 25.0 Å². The van der Waals surface area contributed by atoms with Crippen molar-refractivity contribution in [2.45, 2.75) is 32.2 Å². The number of hydrogen-bond acceptors (Lipinski definition) is 2. The van der Waals surface area contributed by atoms with E-state index >= 15 is 0 Å². The van der Waals surface area contributed by atoms with Crippen LogP contribution in [0.2, 0.25) is 5.02 Å². The average molecular weight is 279 g/mol. The van der Waals surface area contributed by atoms with E-state index in [1.54, 1.807) is 0 Å². The van der Waals surface area contributed by atoms with E-state index in [0.29, 0.717) is 5.02 Å². The molecule has 1 heterocycles. The van der Waals surface area contributed by atoms with Crippen LogP contribution in [-0.4, -0.2) is 16.2 Å². The van der Waals surface area contributed by atoms with Crippen molar-refractivity contribution in [2.75, 3.05) is 6.61 Å². The highest BCUT2D eigenvalue weighted by Crippen LogP contribution is 2.23. The molecule has 0 radical (unpaired) electrons. The second-order valence-corrected chi connectivity index (χ2v) is 4.90. The van der Waals surface area contributed by atoms with Crippen molar-refractivity contribution in [1.82, 2.24) is 9.55 Å². The van der Waals surface area contributed by atoms with Gasteiger partial charge in [-0.1, -0.05) is 36.6 Å². The number of hydrogen-bond donors (Lipinski definition) is 0. The van der Waals surface area contributed by atoms with Gasteiger partial charge in [-0.25, -0.2) is 4.98 Å². The van der Waals surface area contributed by atoms with Crippen molar-refractivity contribution in [3.63, 3.8) is 0 Å². The number of aryl methyl sites for hydroxylation is 1. The number of nitrogens with zero attached hydrogens (tertiary/aromatic N) is 2. The molecule has 2 rings (SSSR count). The molecule has 0 atom stereocenters. The highest BCUT2D eigenvalue weighted by Gasteiger charge is 1.99. The first-order valence-electron chi connectivity index (χ1n) is 6.69. The van der Waals surface area contributed by atoms with Gasteiger partial charge in [-0.2, -0.15) is 0 Å². The summed E-state index contributed by atoms with van der Waals surface area (Å²) in [5.74, 6) is 0.780. The second kappa shape index (κ2) is 7.85.